The average molecular weight is 340 g/mol. The van der Waals surface area contributed by atoms with Gasteiger partial charge in [0.2, 0.25) is 0 Å². The lowest BCUT2D eigenvalue weighted by molar-refractivity contribution is -0.0177. The summed E-state index contributed by atoms with van der Waals surface area (Å²) in [6, 6.07) is 7.85. The van der Waals surface area contributed by atoms with Crippen LogP contribution in [0.5, 0.6) is 0 Å². The summed E-state index contributed by atoms with van der Waals surface area (Å²) in [5.74, 6) is 0. The van der Waals surface area contributed by atoms with E-state index in [-0.39, 0.29) is 18.2 Å². The van der Waals surface area contributed by atoms with Crippen LogP contribution in [-0.4, -0.2) is 42.4 Å². The molecular formula is C18H26ClNO3. The van der Waals surface area contributed by atoms with E-state index in [9.17, 15) is 4.79 Å². The molecule has 0 saturated carbocycles. The Morgan fingerprint density at radius 2 is 1.96 bits per heavy atom. The summed E-state index contributed by atoms with van der Waals surface area (Å²) in [4.78, 5) is 14.3. The number of rotatable bonds is 3. The van der Waals surface area contributed by atoms with E-state index in [1.165, 1.54) is 0 Å². The van der Waals surface area contributed by atoms with Crippen molar-refractivity contribution in [3.63, 3.8) is 0 Å². The van der Waals surface area contributed by atoms with Gasteiger partial charge in [0.15, 0.2) is 0 Å². The third kappa shape index (κ3) is 5.40. The fraction of sp³-hybridized carbons (Fsp3) is 0.611. The van der Waals surface area contributed by atoms with Crippen LogP contribution >= 0.6 is 11.6 Å². The first-order valence-electron chi connectivity index (χ1n) is 8.05. The van der Waals surface area contributed by atoms with Crippen molar-refractivity contribution in [3.8, 4) is 0 Å². The molecule has 0 unspecified atom stereocenters. The highest BCUT2D eigenvalue weighted by atomic mass is 35.5. The van der Waals surface area contributed by atoms with E-state index in [0.717, 1.165) is 29.8 Å². The van der Waals surface area contributed by atoms with Crippen molar-refractivity contribution in [2.75, 3.05) is 13.7 Å². The van der Waals surface area contributed by atoms with Gasteiger partial charge in [-0.2, -0.15) is 0 Å². The number of likely N-dealkylation sites (tertiary alicyclic amines) is 1. The predicted octanol–water partition coefficient (Wildman–Crippen LogP) is 4.30. The first-order valence-corrected chi connectivity index (χ1v) is 8.43. The lowest BCUT2D eigenvalue weighted by Crippen LogP contribution is -2.50. The molecule has 1 saturated heterocycles. The Labute approximate surface area is 143 Å². The van der Waals surface area contributed by atoms with Gasteiger partial charge in [-0.1, -0.05) is 23.7 Å². The van der Waals surface area contributed by atoms with E-state index in [0.29, 0.717) is 6.54 Å². The van der Waals surface area contributed by atoms with Gasteiger partial charge in [-0.3, -0.25) is 0 Å². The molecule has 4 nitrogen and oxygen atoms in total. The molecule has 2 atom stereocenters. The summed E-state index contributed by atoms with van der Waals surface area (Å²) in [6.07, 6.45) is 2.37. The molecule has 0 aliphatic carbocycles. The minimum atomic E-state index is -0.486. The Bertz CT molecular complexity index is 524. The van der Waals surface area contributed by atoms with Crippen molar-refractivity contribution in [2.45, 2.75) is 57.8 Å². The summed E-state index contributed by atoms with van der Waals surface area (Å²) in [7, 11) is 1.73. The number of benzene rings is 1. The molecule has 5 heteroatoms. The highest BCUT2D eigenvalue weighted by Gasteiger charge is 2.34. The van der Waals surface area contributed by atoms with Crippen LogP contribution in [-0.2, 0) is 15.9 Å². The Balaban J connectivity index is 2.11. The van der Waals surface area contributed by atoms with Crippen LogP contribution in [0.15, 0.2) is 24.3 Å². The molecule has 2 rings (SSSR count). The summed E-state index contributed by atoms with van der Waals surface area (Å²) in [5, 5.41) is 0.719. The molecule has 23 heavy (non-hydrogen) atoms. The van der Waals surface area contributed by atoms with Crippen molar-refractivity contribution in [2.24, 2.45) is 0 Å². The normalized spacial score (nSPS) is 22.0. The van der Waals surface area contributed by atoms with Gasteiger partial charge < -0.3 is 14.4 Å². The molecule has 128 valence electrons. The second-order valence-electron chi connectivity index (χ2n) is 7.04. The third-order valence-corrected chi connectivity index (χ3v) is 4.27. The second-order valence-corrected chi connectivity index (χ2v) is 7.48. The van der Waals surface area contributed by atoms with Crippen molar-refractivity contribution < 1.29 is 14.3 Å². The van der Waals surface area contributed by atoms with Crippen molar-refractivity contribution in [3.05, 3.63) is 34.9 Å². The van der Waals surface area contributed by atoms with E-state index >= 15 is 0 Å². The van der Waals surface area contributed by atoms with Gasteiger partial charge in [-0.05, 0) is 57.7 Å². The molecule has 0 aromatic heterocycles. The Morgan fingerprint density at radius 3 is 2.52 bits per heavy atom. The largest absolute Gasteiger partial charge is 0.444 e. The van der Waals surface area contributed by atoms with Crippen LogP contribution in [0.4, 0.5) is 4.79 Å². The number of carbonyl (C=O) groups is 1. The molecule has 1 aromatic carbocycles. The smallest absolute Gasteiger partial charge is 0.410 e. The summed E-state index contributed by atoms with van der Waals surface area (Å²) in [5.41, 5.74) is 0.671. The molecule has 0 radical (unpaired) electrons. The maximum Gasteiger partial charge on any atom is 0.410 e. The molecule has 0 bridgehead atoms. The minimum absolute atomic E-state index is 0.0738. The first-order chi connectivity index (χ1) is 10.8. The number of carbonyl (C=O) groups excluding carboxylic acids is 1. The molecule has 0 spiro atoms. The highest BCUT2D eigenvalue weighted by molar-refractivity contribution is 6.30. The molecule has 1 amide bonds. The van der Waals surface area contributed by atoms with Gasteiger partial charge in [0, 0.05) is 24.7 Å². The molecule has 1 aliphatic heterocycles. The van der Waals surface area contributed by atoms with E-state index in [2.05, 4.69) is 0 Å². The first kappa shape index (κ1) is 18.1. The zero-order valence-corrected chi connectivity index (χ0v) is 15.1. The number of piperidine rings is 1. The Kier molecular flexibility index (Phi) is 5.93. The van der Waals surface area contributed by atoms with Crippen molar-refractivity contribution in [1.82, 2.24) is 4.90 Å². The number of methoxy groups -OCH3 is 1. The highest BCUT2D eigenvalue weighted by Crippen LogP contribution is 2.25. The zero-order valence-electron chi connectivity index (χ0n) is 14.3. The van der Waals surface area contributed by atoms with E-state index in [1.54, 1.807) is 7.11 Å². The number of hydrogen-bond donors (Lipinski definition) is 0. The number of amides is 1. The van der Waals surface area contributed by atoms with Crippen LogP contribution in [0.1, 0.15) is 39.2 Å². The van der Waals surface area contributed by atoms with Gasteiger partial charge in [-0.15, -0.1) is 0 Å². The number of ether oxygens (including phenoxy) is 2. The van der Waals surface area contributed by atoms with E-state index < -0.39 is 5.60 Å². The summed E-state index contributed by atoms with van der Waals surface area (Å²) < 4.78 is 11.1. The SMILES string of the molecule is CO[C@H]1CCN(C(=O)OC(C)(C)C)[C@@H](Cc2ccc(Cl)cc2)C1. The van der Waals surface area contributed by atoms with Crippen LogP contribution in [0.25, 0.3) is 0 Å². The number of hydrogen-bond acceptors (Lipinski definition) is 3. The minimum Gasteiger partial charge on any atom is -0.444 e. The van der Waals surface area contributed by atoms with Crippen LogP contribution < -0.4 is 0 Å². The van der Waals surface area contributed by atoms with E-state index in [4.69, 9.17) is 21.1 Å². The Hall–Kier alpha value is -1.26. The van der Waals surface area contributed by atoms with Gasteiger partial charge in [-0.25, -0.2) is 4.79 Å². The summed E-state index contributed by atoms with van der Waals surface area (Å²) >= 11 is 5.95. The lowest BCUT2D eigenvalue weighted by Gasteiger charge is -2.39. The van der Waals surface area contributed by atoms with Gasteiger partial charge in [0.25, 0.3) is 0 Å². The topological polar surface area (TPSA) is 38.8 Å². The van der Waals surface area contributed by atoms with Crippen LogP contribution in [0, 0.1) is 0 Å². The maximum absolute atomic E-state index is 12.5. The van der Waals surface area contributed by atoms with Crippen molar-refractivity contribution in [1.29, 1.82) is 0 Å². The maximum atomic E-state index is 12.5. The van der Waals surface area contributed by atoms with Crippen LogP contribution in [0.3, 0.4) is 0 Å². The predicted molar refractivity (Wildman–Crippen MR) is 91.9 cm³/mol. The van der Waals surface area contributed by atoms with Gasteiger partial charge in [0.1, 0.15) is 5.60 Å². The van der Waals surface area contributed by atoms with Crippen molar-refractivity contribution >= 4 is 17.7 Å². The van der Waals surface area contributed by atoms with Gasteiger partial charge >= 0.3 is 6.09 Å². The van der Waals surface area contributed by atoms with Crippen LogP contribution in [0.2, 0.25) is 5.02 Å². The third-order valence-electron chi connectivity index (χ3n) is 4.01. The Morgan fingerprint density at radius 1 is 1.30 bits per heavy atom. The fourth-order valence-electron chi connectivity index (χ4n) is 2.88. The fourth-order valence-corrected chi connectivity index (χ4v) is 3.00. The zero-order chi connectivity index (χ0) is 17.0. The average Bonchev–Trinajstić information content (AvgIpc) is 2.47. The summed E-state index contributed by atoms with van der Waals surface area (Å²) in [6.45, 7) is 6.33. The monoisotopic (exact) mass is 339 g/mol. The number of nitrogens with zero attached hydrogens (tertiary/aromatic N) is 1. The second kappa shape index (κ2) is 7.54. The molecule has 1 fully saturated rings. The molecular weight excluding hydrogens is 314 g/mol. The molecule has 1 heterocycles. The standard InChI is InChI=1S/C18H26ClNO3/c1-18(2,3)23-17(21)20-10-9-16(22-4)12-15(20)11-13-5-7-14(19)8-6-13/h5-8,15-16H,9-12H2,1-4H3/t15-,16-/m0/s1. The van der Waals surface area contributed by atoms with Gasteiger partial charge in [0.05, 0.1) is 6.10 Å². The van der Waals surface area contributed by atoms with E-state index in [1.807, 2.05) is 49.9 Å². The number of halogens is 1. The lowest BCUT2D eigenvalue weighted by atomic mass is 9.94. The molecule has 0 N–H and O–H groups in total. The molecule has 1 aromatic rings. The quantitative estimate of drug-likeness (QED) is 0.824. The molecule has 1 aliphatic rings.